The summed E-state index contributed by atoms with van der Waals surface area (Å²) in [6.07, 6.45) is 4.56. The maximum atomic E-state index is 12.5. The Morgan fingerprint density at radius 2 is 1.78 bits per heavy atom. The summed E-state index contributed by atoms with van der Waals surface area (Å²) in [4.78, 5) is 41.5. The largest absolute Gasteiger partial charge is 0.368 e. The Morgan fingerprint density at radius 1 is 0.969 bits per heavy atom. The monoisotopic (exact) mass is 430 g/mol. The molecule has 0 saturated heterocycles. The van der Waals surface area contributed by atoms with E-state index in [1.807, 2.05) is 25.1 Å². The quantitative estimate of drug-likeness (QED) is 0.362. The van der Waals surface area contributed by atoms with Crippen LogP contribution in [0, 0.1) is 6.92 Å². The van der Waals surface area contributed by atoms with Gasteiger partial charge in [-0.25, -0.2) is 19.9 Å². The second kappa shape index (κ2) is 9.65. The number of nitrogens with zero attached hydrogens (tertiary/aromatic N) is 5. The Kier molecular flexibility index (Phi) is 6.30. The van der Waals surface area contributed by atoms with Gasteiger partial charge in [0, 0.05) is 25.4 Å². The van der Waals surface area contributed by atoms with Gasteiger partial charge in [-0.1, -0.05) is 12.1 Å². The standard InChI is InChI=1S/C22H22N8O2/c1-15-6-7-23-19(10-15)29-20-11-18(26-13-27-20)24-8-9-25-21(31)12-30-14-28-17-5-3-2-4-16(17)22(30)32/h2-7,10-11,13-14H,8-9,12H2,1H3,(H,25,31)(H2,23,24,26,27,29). The molecule has 10 heteroatoms. The summed E-state index contributed by atoms with van der Waals surface area (Å²) in [5.74, 6) is 1.63. The molecule has 0 radical (unpaired) electrons. The molecule has 32 heavy (non-hydrogen) atoms. The number of rotatable bonds is 8. The fourth-order valence-corrected chi connectivity index (χ4v) is 3.08. The number of amides is 1. The van der Waals surface area contributed by atoms with E-state index in [0.29, 0.717) is 41.4 Å². The van der Waals surface area contributed by atoms with Crippen molar-refractivity contribution in [2.45, 2.75) is 13.5 Å². The van der Waals surface area contributed by atoms with Gasteiger partial charge in [0.15, 0.2) is 0 Å². The molecule has 1 aromatic carbocycles. The van der Waals surface area contributed by atoms with E-state index in [4.69, 9.17) is 0 Å². The van der Waals surface area contributed by atoms with Crippen LogP contribution < -0.4 is 21.5 Å². The van der Waals surface area contributed by atoms with Gasteiger partial charge in [-0.05, 0) is 36.8 Å². The molecule has 0 saturated carbocycles. The van der Waals surface area contributed by atoms with Crippen LogP contribution in [-0.2, 0) is 11.3 Å². The van der Waals surface area contributed by atoms with E-state index in [2.05, 4.69) is 35.9 Å². The topological polar surface area (TPSA) is 127 Å². The number of aryl methyl sites for hydroxylation is 1. The van der Waals surface area contributed by atoms with Gasteiger partial charge in [-0.15, -0.1) is 0 Å². The van der Waals surface area contributed by atoms with Crippen LogP contribution in [0.3, 0.4) is 0 Å². The normalized spacial score (nSPS) is 10.7. The number of pyridine rings is 1. The van der Waals surface area contributed by atoms with Crippen LogP contribution in [0.25, 0.3) is 10.9 Å². The molecule has 3 N–H and O–H groups in total. The summed E-state index contributed by atoms with van der Waals surface area (Å²) in [5.41, 5.74) is 1.45. The van der Waals surface area contributed by atoms with E-state index in [1.54, 1.807) is 30.5 Å². The number of benzene rings is 1. The van der Waals surface area contributed by atoms with Crippen molar-refractivity contribution < 1.29 is 4.79 Å². The molecule has 4 aromatic rings. The van der Waals surface area contributed by atoms with Crippen molar-refractivity contribution in [3.63, 3.8) is 0 Å². The van der Waals surface area contributed by atoms with Gasteiger partial charge in [0.25, 0.3) is 5.56 Å². The summed E-state index contributed by atoms with van der Waals surface area (Å²) in [5, 5.41) is 9.52. The van der Waals surface area contributed by atoms with Crippen LogP contribution in [0.2, 0.25) is 0 Å². The average molecular weight is 430 g/mol. The fraction of sp³-hybridized carbons (Fsp3) is 0.182. The van der Waals surface area contributed by atoms with Gasteiger partial charge in [0.2, 0.25) is 5.91 Å². The van der Waals surface area contributed by atoms with Crippen LogP contribution in [0.4, 0.5) is 17.5 Å². The van der Waals surface area contributed by atoms with Crippen LogP contribution in [0.15, 0.2) is 66.1 Å². The SMILES string of the molecule is Cc1ccnc(Nc2cc(NCCNC(=O)Cn3cnc4ccccc4c3=O)ncn2)c1. The number of para-hydroxylation sites is 1. The Labute approximate surface area is 183 Å². The number of hydrogen-bond acceptors (Lipinski definition) is 8. The molecule has 4 rings (SSSR count). The van der Waals surface area contributed by atoms with E-state index in [9.17, 15) is 9.59 Å². The third kappa shape index (κ3) is 5.22. The van der Waals surface area contributed by atoms with E-state index >= 15 is 0 Å². The van der Waals surface area contributed by atoms with Crippen molar-refractivity contribution in [2.75, 3.05) is 23.7 Å². The maximum Gasteiger partial charge on any atom is 0.261 e. The summed E-state index contributed by atoms with van der Waals surface area (Å²) in [7, 11) is 0. The predicted molar refractivity (Wildman–Crippen MR) is 122 cm³/mol. The van der Waals surface area contributed by atoms with Gasteiger partial charge >= 0.3 is 0 Å². The molecule has 0 unspecified atom stereocenters. The molecule has 0 aliphatic carbocycles. The van der Waals surface area contributed by atoms with Crippen LogP contribution >= 0.6 is 0 Å². The van der Waals surface area contributed by atoms with Gasteiger partial charge < -0.3 is 16.0 Å². The first-order valence-electron chi connectivity index (χ1n) is 10.0. The molecule has 0 aliphatic rings. The molecule has 3 heterocycles. The highest BCUT2D eigenvalue weighted by Crippen LogP contribution is 2.14. The number of carbonyl (C=O) groups is 1. The Bertz CT molecular complexity index is 1300. The lowest BCUT2D eigenvalue weighted by atomic mass is 10.2. The Hall–Kier alpha value is -4.34. The lowest BCUT2D eigenvalue weighted by Crippen LogP contribution is -2.35. The van der Waals surface area contributed by atoms with Crippen molar-refractivity contribution in [1.82, 2.24) is 29.8 Å². The van der Waals surface area contributed by atoms with Crippen LogP contribution in [0.5, 0.6) is 0 Å². The van der Waals surface area contributed by atoms with E-state index in [-0.39, 0.29) is 18.0 Å². The zero-order valence-electron chi connectivity index (χ0n) is 17.4. The Balaban J connectivity index is 1.27. The van der Waals surface area contributed by atoms with E-state index in [0.717, 1.165) is 5.56 Å². The molecule has 0 spiro atoms. The summed E-state index contributed by atoms with van der Waals surface area (Å²) in [6.45, 7) is 2.71. The number of hydrogen-bond donors (Lipinski definition) is 3. The third-order valence-electron chi connectivity index (χ3n) is 4.64. The number of carbonyl (C=O) groups excluding carboxylic acids is 1. The minimum absolute atomic E-state index is 0.0955. The molecule has 10 nitrogen and oxygen atoms in total. The number of fused-ring (bicyclic) bond motifs is 1. The smallest absolute Gasteiger partial charge is 0.261 e. The lowest BCUT2D eigenvalue weighted by Gasteiger charge is -2.10. The van der Waals surface area contributed by atoms with Crippen molar-refractivity contribution >= 4 is 34.3 Å². The average Bonchev–Trinajstić information content (AvgIpc) is 2.79. The third-order valence-corrected chi connectivity index (χ3v) is 4.64. The molecule has 1 amide bonds. The van der Waals surface area contributed by atoms with Crippen molar-refractivity contribution in [3.8, 4) is 0 Å². The van der Waals surface area contributed by atoms with E-state index in [1.165, 1.54) is 17.2 Å². The fourth-order valence-electron chi connectivity index (χ4n) is 3.08. The highest BCUT2D eigenvalue weighted by Gasteiger charge is 2.08. The molecule has 0 bridgehead atoms. The minimum Gasteiger partial charge on any atom is -0.368 e. The molecular weight excluding hydrogens is 408 g/mol. The second-order valence-electron chi connectivity index (χ2n) is 7.10. The summed E-state index contributed by atoms with van der Waals surface area (Å²) >= 11 is 0. The first-order chi connectivity index (χ1) is 15.6. The van der Waals surface area contributed by atoms with Gasteiger partial charge in [0.1, 0.15) is 30.3 Å². The van der Waals surface area contributed by atoms with Crippen LogP contribution in [0.1, 0.15) is 5.56 Å². The highest BCUT2D eigenvalue weighted by atomic mass is 16.2. The van der Waals surface area contributed by atoms with E-state index < -0.39 is 0 Å². The Morgan fingerprint density at radius 3 is 2.66 bits per heavy atom. The number of nitrogens with one attached hydrogen (secondary N) is 3. The van der Waals surface area contributed by atoms with Crippen LogP contribution in [-0.4, -0.2) is 43.5 Å². The molecule has 0 atom stereocenters. The molecular formula is C22H22N8O2. The highest BCUT2D eigenvalue weighted by molar-refractivity contribution is 5.78. The van der Waals surface area contributed by atoms with Gasteiger partial charge in [0.05, 0.1) is 17.2 Å². The molecule has 0 fully saturated rings. The summed E-state index contributed by atoms with van der Waals surface area (Å²) < 4.78 is 1.30. The summed E-state index contributed by atoms with van der Waals surface area (Å²) in [6, 6.07) is 12.6. The van der Waals surface area contributed by atoms with Crippen molar-refractivity contribution in [1.29, 1.82) is 0 Å². The number of aromatic nitrogens is 5. The minimum atomic E-state index is -0.276. The van der Waals surface area contributed by atoms with Gasteiger partial charge in [-0.2, -0.15) is 0 Å². The second-order valence-corrected chi connectivity index (χ2v) is 7.10. The zero-order valence-corrected chi connectivity index (χ0v) is 17.4. The number of anilines is 3. The first kappa shape index (κ1) is 20.9. The molecule has 3 aromatic heterocycles. The molecule has 162 valence electrons. The molecule has 0 aliphatic heterocycles. The van der Waals surface area contributed by atoms with Crippen molar-refractivity contribution in [3.05, 3.63) is 77.2 Å². The van der Waals surface area contributed by atoms with Gasteiger partial charge in [-0.3, -0.25) is 14.2 Å². The lowest BCUT2D eigenvalue weighted by molar-refractivity contribution is -0.121. The zero-order chi connectivity index (χ0) is 22.3. The first-order valence-corrected chi connectivity index (χ1v) is 10.0. The predicted octanol–water partition coefficient (Wildman–Crippen LogP) is 1.86. The maximum absolute atomic E-state index is 12.5. The van der Waals surface area contributed by atoms with Crippen molar-refractivity contribution in [2.24, 2.45) is 0 Å².